The second kappa shape index (κ2) is 16.6. The van der Waals surface area contributed by atoms with Gasteiger partial charge >= 0.3 is 0 Å². The van der Waals surface area contributed by atoms with Gasteiger partial charge in [-0.25, -0.2) is 0 Å². The summed E-state index contributed by atoms with van der Waals surface area (Å²) >= 11 is 0. The minimum absolute atomic E-state index is 0.0273. The first-order valence-electron chi connectivity index (χ1n) is 22.1. The fraction of sp³-hybridized carbons (Fsp3) is 0.872. The zero-order valence-electron chi connectivity index (χ0n) is 37.6. The zero-order chi connectivity index (χ0) is 40.0. The van der Waals surface area contributed by atoms with E-state index in [0.29, 0.717) is 47.7 Å². The maximum absolute atomic E-state index is 7.23. The van der Waals surface area contributed by atoms with Crippen LogP contribution >= 0.6 is 0 Å². The standard InChI is InChI=1S/C47H83N3O4/c1-28(2)32-17-33(24-44(9,10)23-32)51-40-21-42(53-35-19-38(30(5)6)49-46(13,14)26-35)43(54-36-20-39(31(7)8)50-47(15,16)27-36)22-41(40)52-34-18-37(29(3)4)48-45(11,12)25-34/h21-22,28-39,48-50H,17-20,23-27H2,1-16H3. The van der Waals surface area contributed by atoms with E-state index in [0.717, 1.165) is 74.4 Å². The van der Waals surface area contributed by atoms with E-state index in [1.165, 1.54) is 6.42 Å². The highest BCUT2D eigenvalue weighted by Crippen LogP contribution is 2.48. The van der Waals surface area contributed by atoms with Crippen molar-refractivity contribution in [3.05, 3.63) is 12.1 Å². The van der Waals surface area contributed by atoms with Gasteiger partial charge < -0.3 is 34.9 Å². The molecule has 8 unspecified atom stereocenters. The average molecular weight is 754 g/mol. The molecule has 8 atom stereocenters. The van der Waals surface area contributed by atoms with Gasteiger partial charge in [0.2, 0.25) is 0 Å². The van der Waals surface area contributed by atoms with Crippen LogP contribution in [-0.2, 0) is 0 Å². The molecular weight excluding hydrogens is 671 g/mol. The van der Waals surface area contributed by atoms with Crippen LogP contribution in [0.15, 0.2) is 12.1 Å². The molecule has 0 amide bonds. The summed E-state index contributed by atoms with van der Waals surface area (Å²) in [5, 5.41) is 11.7. The molecule has 5 rings (SSSR count). The van der Waals surface area contributed by atoms with Crippen LogP contribution < -0.4 is 34.9 Å². The van der Waals surface area contributed by atoms with Crippen molar-refractivity contribution in [2.24, 2.45) is 35.0 Å². The van der Waals surface area contributed by atoms with E-state index in [-0.39, 0.29) is 46.4 Å². The van der Waals surface area contributed by atoms with Gasteiger partial charge in [-0.05, 0) is 115 Å². The van der Waals surface area contributed by atoms with E-state index >= 15 is 0 Å². The normalized spacial score (nSPS) is 33.6. The Bertz CT molecular complexity index is 1180. The fourth-order valence-electron chi connectivity index (χ4n) is 10.4. The maximum Gasteiger partial charge on any atom is 0.165 e. The number of ether oxygens (including phenoxy) is 4. The molecule has 3 N–H and O–H groups in total. The van der Waals surface area contributed by atoms with Crippen LogP contribution in [0.4, 0.5) is 0 Å². The Balaban J connectivity index is 1.58. The minimum Gasteiger partial charge on any atom is -0.486 e. The number of benzene rings is 1. The Labute approximate surface area is 331 Å². The molecule has 0 radical (unpaired) electrons. The molecule has 310 valence electrons. The predicted molar refractivity (Wildman–Crippen MR) is 225 cm³/mol. The van der Waals surface area contributed by atoms with E-state index in [2.05, 4.69) is 139 Å². The smallest absolute Gasteiger partial charge is 0.165 e. The summed E-state index contributed by atoms with van der Waals surface area (Å²) in [5.74, 6) is 5.97. The monoisotopic (exact) mass is 754 g/mol. The van der Waals surface area contributed by atoms with Gasteiger partial charge in [-0.2, -0.15) is 0 Å². The summed E-state index contributed by atoms with van der Waals surface area (Å²) in [6.07, 6.45) is 9.24. The van der Waals surface area contributed by atoms with Crippen LogP contribution in [0.3, 0.4) is 0 Å². The number of nitrogens with one attached hydrogen (secondary N) is 3. The van der Waals surface area contributed by atoms with Crippen molar-refractivity contribution in [1.82, 2.24) is 16.0 Å². The molecule has 1 saturated carbocycles. The third-order valence-electron chi connectivity index (χ3n) is 13.2. The SMILES string of the molecule is CC(C)C1CC(Oc2cc(OC3CC(C(C)C)NC(C)(C)C3)c(OC3CC(C(C)C)NC(C)(C)C3)cc2OC2CC(C(C)C)NC(C)(C)C2)CC(C)(C)C1. The Morgan fingerprint density at radius 2 is 0.722 bits per heavy atom. The molecule has 1 aliphatic carbocycles. The molecule has 1 aromatic carbocycles. The highest BCUT2D eigenvalue weighted by Gasteiger charge is 2.41. The average Bonchev–Trinajstić information content (AvgIpc) is 2.99. The molecule has 1 aromatic rings. The van der Waals surface area contributed by atoms with Crippen LogP contribution in [0, 0.1) is 35.0 Å². The molecule has 0 aromatic heterocycles. The fourth-order valence-corrected chi connectivity index (χ4v) is 10.4. The number of hydrogen-bond donors (Lipinski definition) is 3. The summed E-state index contributed by atoms with van der Waals surface area (Å²) in [5.41, 5.74) is 0.129. The third kappa shape index (κ3) is 11.7. The van der Waals surface area contributed by atoms with Crippen molar-refractivity contribution in [1.29, 1.82) is 0 Å². The minimum atomic E-state index is -0.0297. The Hall–Kier alpha value is -1.70. The third-order valence-corrected chi connectivity index (χ3v) is 13.2. The van der Waals surface area contributed by atoms with Crippen LogP contribution in [0.5, 0.6) is 23.0 Å². The van der Waals surface area contributed by atoms with Crippen molar-refractivity contribution in [3.63, 3.8) is 0 Å². The van der Waals surface area contributed by atoms with Gasteiger partial charge in [0.1, 0.15) is 18.3 Å². The molecule has 4 aliphatic rings. The van der Waals surface area contributed by atoms with E-state index in [1.54, 1.807) is 0 Å². The van der Waals surface area contributed by atoms with Gasteiger partial charge in [-0.3, -0.25) is 0 Å². The summed E-state index contributed by atoms with van der Waals surface area (Å²) in [4.78, 5) is 0. The molecule has 0 spiro atoms. The van der Waals surface area contributed by atoms with Gasteiger partial charge in [-0.1, -0.05) is 69.2 Å². The Morgan fingerprint density at radius 3 is 1.00 bits per heavy atom. The number of piperidine rings is 3. The number of rotatable bonds is 12. The van der Waals surface area contributed by atoms with Gasteiger partial charge in [0, 0.05) is 66.1 Å². The molecular formula is C47H83N3O4. The largest absolute Gasteiger partial charge is 0.486 e. The first-order chi connectivity index (χ1) is 24.9. The second-order valence-electron chi connectivity index (χ2n) is 22.5. The number of hydrogen-bond acceptors (Lipinski definition) is 7. The lowest BCUT2D eigenvalue weighted by atomic mass is 9.68. The van der Waals surface area contributed by atoms with Crippen molar-refractivity contribution < 1.29 is 18.9 Å². The zero-order valence-corrected chi connectivity index (χ0v) is 37.6. The van der Waals surface area contributed by atoms with Crippen LogP contribution in [0.1, 0.15) is 169 Å². The molecule has 3 saturated heterocycles. The Kier molecular flexibility index (Phi) is 13.4. The second-order valence-corrected chi connectivity index (χ2v) is 22.5. The Morgan fingerprint density at radius 1 is 0.426 bits per heavy atom. The van der Waals surface area contributed by atoms with Crippen LogP contribution in [0.2, 0.25) is 0 Å². The van der Waals surface area contributed by atoms with E-state index in [1.807, 2.05) is 0 Å². The first kappa shape index (κ1) is 43.4. The summed E-state index contributed by atoms with van der Waals surface area (Å²) in [6, 6.07) is 5.47. The molecule has 54 heavy (non-hydrogen) atoms. The van der Waals surface area contributed by atoms with Crippen molar-refractivity contribution >= 4 is 0 Å². The predicted octanol–water partition coefficient (Wildman–Crippen LogP) is 10.7. The van der Waals surface area contributed by atoms with Crippen LogP contribution in [0.25, 0.3) is 0 Å². The molecule has 7 nitrogen and oxygen atoms in total. The molecule has 3 heterocycles. The highest BCUT2D eigenvalue weighted by molar-refractivity contribution is 5.55. The van der Waals surface area contributed by atoms with E-state index < -0.39 is 0 Å². The summed E-state index contributed by atoms with van der Waals surface area (Å²) in [7, 11) is 0. The summed E-state index contributed by atoms with van der Waals surface area (Å²) in [6.45, 7) is 37.3. The molecule has 0 bridgehead atoms. The van der Waals surface area contributed by atoms with Crippen molar-refractivity contribution in [2.45, 2.75) is 228 Å². The molecule has 7 heteroatoms. The molecule has 4 fully saturated rings. The summed E-state index contributed by atoms with van der Waals surface area (Å²) < 4.78 is 28.8. The molecule has 3 aliphatic heterocycles. The lowest BCUT2D eigenvalue weighted by Gasteiger charge is -2.45. The maximum atomic E-state index is 7.23. The van der Waals surface area contributed by atoms with Gasteiger partial charge in [0.25, 0.3) is 0 Å². The first-order valence-corrected chi connectivity index (χ1v) is 22.1. The van der Waals surface area contributed by atoms with Crippen molar-refractivity contribution in [3.8, 4) is 23.0 Å². The van der Waals surface area contributed by atoms with Crippen LogP contribution in [-0.4, -0.2) is 59.2 Å². The topological polar surface area (TPSA) is 73.0 Å². The van der Waals surface area contributed by atoms with E-state index in [4.69, 9.17) is 18.9 Å². The quantitative estimate of drug-likeness (QED) is 0.196. The lowest BCUT2D eigenvalue weighted by molar-refractivity contribution is 0.0270. The van der Waals surface area contributed by atoms with Gasteiger partial charge in [0.05, 0.1) is 6.10 Å². The van der Waals surface area contributed by atoms with Gasteiger partial charge in [0.15, 0.2) is 23.0 Å². The van der Waals surface area contributed by atoms with Crippen molar-refractivity contribution in [2.75, 3.05) is 0 Å². The van der Waals surface area contributed by atoms with Gasteiger partial charge in [-0.15, -0.1) is 0 Å². The lowest BCUT2D eigenvalue weighted by Crippen LogP contribution is -2.57. The van der Waals surface area contributed by atoms with E-state index in [9.17, 15) is 0 Å². The highest BCUT2D eigenvalue weighted by atomic mass is 16.5.